The van der Waals surface area contributed by atoms with Crippen LogP contribution in [0.5, 0.6) is 11.5 Å². The van der Waals surface area contributed by atoms with E-state index in [-0.39, 0.29) is 31.5 Å². The molecule has 2 aromatic rings. The minimum Gasteiger partial charge on any atom is -0.497 e. The van der Waals surface area contributed by atoms with Crippen molar-refractivity contribution in [3.05, 3.63) is 48.4 Å². The van der Waals surface area contributed by atoms with Crippen LogP contribution in [0.2, 0.25) is 0 Å². The second-order valence-corrected chi connectivity index (χ2v) is 9.36. The molecular formula is C26H34N4O6. The van der Waals surface area contributed by atoms with Crippen LogP contribution in [0.25, 0.3) is 0 Å². The van der Waals surface area contributed by atoms with Crippen LogP contribution in [-0.2, 0) is 16.1 Å². The number of benzene rings is 1. The molecule has 3 N–H and O–H groups in total. The highest BCUT2D eigenvalue weighted by Gasteiger charge is 2.36. The summed E-state index contributed by atoms with van der Waals surface area (Å²) in [6, 6.07) is 8.10. The van der Waals surface area contributed by atoms with Crippen molar-refractivity contribution in [2.45, 2.75) is 57.2 Å². The Morgan fingerprint density at radius 2 is 2.00 bits per heavy atom. The molecule has 1 aliphatic carbocycles. The molecule has 4 rings (SSSR count). The molecule has 1 aromatic heterocycles. The maximum Gasteiger partial charge on any atom is 0.251 e. The SMILES string of the molecule is COc1cccc(OC2=CC(=O)N([C@@H](CC3CCCCC3)C(=O)Nc3ccn(C[C@@H](O)CO)n3)C2)c1. The van der Waals surface area contributed by atoms with Crippen molar-refractivity contribution in [1.29, 1.82) is 0 Å². The zero-order chi connectivity index (χ0) is 25.5. The average molecular weight is 499 g/mol. The van der Waals surface area contributed by atoms with Crippen LogP contribution in [0.4, 0.5) is 5.82 Å². The number of hydrogen-bond donors (Lipinski definition) is 3. The van der Waals surface area contributed by atoms with Crippen LogP contribution >= 0.6 is 0 Å². The molecule has 2 atom stereocenters. The van der Waals surface area contributed by atoms with Gasteiger partial charge in [0.2, 0.25) is 5.91 Å². The summed E-state index contributed by atoms with van der Waals surface area (Å²) in [5.41, 5.74) is 0. The van der Waals surface area contributed by atoms with Gasteiger partial charge in [0.25, 0.3) is 5.91 Å². The highest BCUT2D eigenvalue weighted by Crippen LogP contribution is 2.31. The fourth-order valence-electron chi connectivity index (χ4n) is 4.78. The van der Waals surface area contributed by atoms with Gasteiger partial charge in [-0.2, -0.15) is 5.10 Å². The zero-order valence-electron chi connectivity index (χ0n) is 20.5. The molecule has 10 heteroatoms. The predicted molar refractivity (Wildman–Crippen MR) is 132 cm³/mol. The molecular weight excluding hydrogens is 464 g/mol. The van der Waals surface area contributed by atoms with Crippen molar-refractivity contribution in [2.75, 3.05) is 25.6 Å². The van der Waals surface area contributed by atoms with Crippen molar-refractivity contribution >= 4 is 17.6 Å². The van der Waals surface area contributed by atoms with Crippen molar-refractivity contribution < 1.29 is 29.3 Å². The number of ether oxygens (including phenoxy) is 2. The molecule has 1 saturated carbocycles. The van der Waals surface area contributed by atoms with Gasteiger partial charge in [-0.15, -0.1) is 0 Å². The van der Waals surface area contributed by atoms with E-state index in [4.69, 9.17) is 14.6 Å². The van der Waals surface area contributed by atoms with Crippen LogP contribution in [0.1, 0.15) is 38.5 Å². The molecule has 1 fully saturated rings. The summed E-state index contributed by atoms with van der Waals surface area (Å²) in [4.78, 5) is 28.0. The summed E-state index contributed by atoms with van der Waals surface area (Å²) in [7, 11) is 1.57. The first-order chi connectivity index (χ1) is 17.4. The monoisotopic (exact) mass is 498 g/mol. The highest BCUT2D eigenvalue weighted by atomic mass is 16.5. The van der Waals surface area contributed by atoms with E-state index in [1.165, 1.54) is 17.2 Å². The van der Waals surface area contributed by atoms with E-state index in [0.29, 0.717) is 35.4 Å². The Morgan fingerprint density at radius 3 is 2.75 bits per heavy atom. The van der Waals surface area contributed by atoms with E-state index < -0.39 is 12.1 Å². The van der Waals surface area contributed by atoms with Crippen molar-refractivity contribution in [3.63, 3.8) is 0 Å². The van der Waals surface area contributed by atoms with Crippen LogP contribution in [0.15, 0.2) is 48.4 Å². The normalized spacial score (nSPS) is 18.0. The summed E-state index contributed by atoms with van der Waals surface area (Å²) in [6.45, 7) is -0.0788. The van der Waals surface area contributed by atoms with Crippen molar-refractivity contribution in [3.8, 4) is 11.5 Å². The predicted octanol–water partition coefficient (Wildman–Crippen LogP) is 2.33. The van der Waals surface area contributed by atoms with Crippen LogP contribution in [0.3, 0.4) is 0 Å². The molecule has 0 unspecified atom stereocenters. The Hall–Kier alpha value is -3.37. The van der Waals surface area contributed by atoms with Crippen molar-refractivity contribution in [2.24, 2.45) is 5.92 Å². The van der Waals surface area contributed by atoms with Gasteiger partial charge in [-0.1, -0.05) is 38.2 Å². The van der Waals surface area contributed by atoms with Gasteiger partial charge in [0.05, 0.1) is 32.9 Å². The maximum absolute atomic E-state index is 13.4. The first-order valence-electron chi connectivity index (χ1n) is 12.4. The molecule has 1 aliphatic heterocycles. The first kappa shape index (κ1) is 25.7. The molecule has 10 nitrogen and oxygen atoms in total. The molecule has 194 valence electrons. The number of aromatic nitrogens is 2. The van der Waals surface area contributed by atoms with E-state index in [2.05, 4.69) is 10.4 Å². The number of rotatable bonds is 11. The lowest BCUT2D eigenvalue weighted by Gasteiger charge is -2.31. The average Bonchev–Trinajstić information content (AvgIpc) is 3.48. The first-order valence-corrected chi connectivity index (χ1v) is 12.4. The van der Waals surface area contributed by atoms with E-state index in [9.17, 15) is 14.7 Å². The summed E-state index contributed by atoms with van der Waals surface area (Å²) >= 11 is 0. The Labute approximate surface area is 210 Å². The topological polar surface area (TPSA) is 126 Å². The fourth-order valence-corrected chi connectivity index (χ4v) is 4.78. The quantitative estimate of drug-likeness (QED) is 0.434. The van der Waals surface area contributed by atoms with Gasteiger partial charge in [0.15, 0.2) is 5.82 Å². The van der Waals surface area contributed by atoms with Gasteiger partial charge in [-0.3, -0.25) is 14.3 Å². The second-order valence-electron chi connectivity index (χ2n) is 9.36. The van der Waals surface area contributed by atoms with Crippen LogP contribution in [-0.4, -0.2) is 69.1 Å². The smallest absolute Gasteiger partial charge is 0.251 e. The highest BCUT2D eigenvalue weighted by molar-refractivity contribution is 5.99. The van der Waals surface area contributed by atoms with E-state index in [0.717, 1.165) is 25.7 Å². The fraction of sp³-hybridized carbons (Fsp3) is 0.500. The third-order valence-corrected chi connectivity index (χ3v) is 6.64. The number of nitrogens with one attached hydrogen (secondary N) is 1. The van der Waals surface area contributed by atoms with Crippen molar-refractivity contribution in [1.82, 2.24) is 14.7 Å². The number of carbonyl (C=O) groups excluding carboxylic acids is 2. The Bertz CT molecular complexity index is 1080. The lowest BCUT2D eigenvalue weighted by atomic mass is 9.84. The lowest BCUT2D eigenvalue weighted by Crippen LogP contribution is -2.46. The standard InChI is InChI=1S/C26H34N4O6/c1-35-20-8-5-9-21(13-20)36-22-14-25(33)30(16-22)23(12-18-6-3-2-4-7-18)26(34)27-24-10-11-29(28-24)15-19(32)17-31/h5,8-11,13-14,18-19,23,31-32H,2-4,6-7,12,15-17H2,1H3,(H,27,28,34)/t19-,23+/m1/s1. The Balaban J connectivity index is 1.46. The summed E-state index contributed by atoms with van der Waals surface area (Å²) < 4.78 is 12.6. The molecule has 2 heterocycles. The summed E-state index contributed by atoms with van der Waals surface area (Å²) in [5, 5.41) is 25.8. The number of aliphatic hydroxyl groups is 2. The molecule has 2 aliphatic rings. The minimum atomic E-state index is -0.941. The minimum absolute atomic E-state index is 0.109. The molecule has 1 aromatic carbocycles. The van der Waals surface area contributed by atoms with E-state index in [1.54, 1.807) is 42.5 Å². The summed E-state index contributed by atoms with van der Waals surface area (Å²) in [6.07, 6.45) is 8.23. The molecule has 0 radical (unpaired) electrons. The molecule has 36 heavy (non-hydrogen) atoms. The third-order valence-electron chi connectivity index (χ3n) is 6.64. The van der Waals surface area contributed by atoms with E-state index in [1.807, 2.05) is 6.07 Å². The van der Waals surface area contributed by atoms with Gasteiger partial charge in [-0.25, -0.2) is 0 Å². The Kier molecular flexibility index (Phi) is 8.61. The third kappa shape index (κ3) is 6.64. The maximum atomic E-state index is 13.4. The molecule has 0 saturated heterocycles. The van der Waals surface area contributed by atoms with Crippen LogP contribution < -0.4 is 14.8 Å². The number of hydrogen-bond acceptors (Lipinski definition) is 7. The van der Waals surface area contributed by atoms with Gasteiger partial charge in [-0.05, 0) is 24.5 Å². The lowest BCUT2D eigenvalue weighted by molar-refractivity contribution is -0.134. The number of methoxy groups -OCH3 is 1. The zero-order valence-corrected chi connectivity index (χ0v) is 20.5. The van der Waals surface area contributed by atoms with Gasteiger partial charge >= 0.3 is 0 Å². The number of carbonyl (C=O) groups is 2. The Morgan fingerprint density at radius 1 is 1.22 bits per heavy atom. The largest absolute Gasteiger partial charge is 0.497 e. The number of nitrogens with zero attached hydrogens (tertiary/aromatic N) is 3. The second kappa shape index (κ2) is 12.0. The van der Waals surface area contributed by atoms with Crippen LogP contribution in [0, 0.1) is 5.92 Å². The number of amides is 2. The van der Waals surface area contributed by atoms with E-state index >= 15 is 0 Å². The summed E-state index contributed by atoms with van der Waals surface area (Å²) in [5.74, 6) is 1.79. The molecule has 0 bridgehead atoms. The molecule has 2 amide bonds. The van der Waals surface area contributed by atoms with Gasteiger partial charge in [0.1, 0.15) is 23.3 Å². The number of aliphatic hydroxyl groups excluding tert-OH is 2. The molecule has 0 spiro atoms. The van der Waals surface area contributed by atoms with Gasteiger partial charge in [0, 0.05) is 24.4 Å². The van der Waals surface area contributed by atoms with Gasteiger partial charge < -0.3 is 29.9 Å². The number of anilines is 1.